The number of nitrogens with zero attached hydrogens (tertiary/aromatic N) is 2. The predicted octanol–water partition coefficient (Wildman–Crippen LogP) is 1.72. The van der Waals surface area contributed by atoms with Crippen LogP contribution in [-0.4, -0.2) is 29.3 Å². The van der Waals surface area contributed by atoms with Gasteiger partial charge in [0, 0.05) is 0 Å². The van der Waals surface area contributed by atoms with Crippen LogP contribution in [0.15, 0.2) is 6.20 Å². The molecule has 0 saturated heterocycles. The highest BCUT2D eigenvalue weighted by Gasteiger charge is 2.25. The van der Waals surface area contributed by atoms with Crippen LogP contribution in [-0.2, 0) is 0 Å². The lowest BCUT2D eigenvalue weighted by atomic mass is 9.81. The first-order valence-electron chi connectivity index (χ1n) is 5.87. The second kappa shape index (κ2) is 5.31. The average Bonchev–Trinajstić information content (AvgIpc) is 2.32. The Kier molecular flexibility index (Phi) is 3.78. The Morgan fingerprint density at radius 1 is 1.41 bits per heavy atom. The van der Waals surface area contributed by atoms with Crippen molar-refractivity contribution in [2.75, 3.05) is 14.2 Å². The maximum Gasteiger partial charge on any atom is 0.241 e. The van der Waals surface area contributed by atoms with Gasteiger partial charge in [-0.15, -0.1) is 0 Å². The van der Waals surface area contributed by atoms with Gasteiger partial charge >= 0.3 is 0 Å². The Hall–Kier alpha value is -1.36. The fraction of sp³-hybridized carbons (Fsp3) is 0.667. The van der Waals surface area contributed by atoms with E-state index < -0.39 is 6.10 Å². The van der Waals surface area contributed by atoms with Crippen LogP contribution in [0.5, 0.6) is 11.8 Å². The summed E-state index contributed by atoms with van der Waals surface area (Å²) in [6.07, 6.45) is 5.29. The van der Waals surface area contributed by atoms with Crippen molar-refractivity contribution in [1.29, 1.82) is 0 Å². The van der Waals surface area contributed by atoms with Gasteiger partial charge in [-0.1, -0.05) is 19.3 Å². The van der Waals surface area contributed by atoms with Gasteiger partial charge in [0.2, 0.25) is 11.8 Å². The normalized spacial score (nSPS) is 17.4. The fourth-order valence-electron chi connectivity index (χ4n) is 2.00. The number of aliphatic hydroxyl groups is 1. The molecule has 94 valence electrons. The first-order chi connectivity index (χ1) is 8.24. The molecule has 1 heterocycles. The highest BCUT2D eigenvalue weighted by Crippen LogP contribution is 2.36. The molecule has 1 N–H and O–H groups in total. The Morgan fingerprint density at radius 2 is 2.18 bits per heavy atom. The zero-order valence-electron chi connectivity index (χ0n) is 10.2. The van der Waals surface area contributed by atoms with E-state index in [0.29, 0.717) is 23.4 Å². The third-order valence-corrected chi connectivity index (χ3v) is 3.24. The van der Waals surface area contributed by atoms with E-state index >= 15 is 0 Å². The zero-order valence-corrected chi connectivity index (χ0v) is 10.2. The minimum Gasteiger partial charge on any atom is -0.480 e. The van der Waals surface area contributed by atoms with Crippen molar-refractivity contribution in [1.82, 2.24) is 9.97 Å². The lowest BCUT2D eigenvalue weighted by molar-refractivity contribution is 0.111. The largest absolute Gasteiger partial charge is 0.480 e. The van der Waals surface area contributed by atoms with Crippen molar-refractivity contribution < 1.29 is 14.6 Å². The number of aromatic nitrogens is 2. The molecule has 1 aliphatic rings. The summed E-state index contributed by atoms with van der Waals surface area (Å²) >= 11 is 0. The van der Waals surface area contributed by atoms with Gasteiger partial charge < -0.3 is 14.6 Å². The van der Waals surface area contributed by atoms with E-state index in [-0.39, 0.29) is 0 Å². The maximum atomic E-state index is 10.1. The van der Waals surface area contributed by atoms with E-state index in [1.165, 1.54) is 39.7 Å². The van der Waals surface area contributed by atoms with Gasteiger partial charge in [0.05, 0.1) is 20.4 Å². The number of aliphatic hydroxyl groups excluding tert-OH is 1. The summed E-state index contributed by atoms with van der Waals surface area (Å²) in [5, 5.41) is 10.1. The molecule has 1 atom stereocenters. The monoisotopic (exact) mass is 238 g/mol. The summed E-state index contributed by atoms with van der Waals surface area (Å²) in [7, 11) is 3.04. The number of ether oxygens (including phenoxy) is 2. The van der Waals surface area contributed by atoms with Crippen molar-refractivity contribution in [3.63, 3.8) is 0 Å². The summed E-state index contributed by atoms with van der Waals surface area (Å²) in [5.41, 5.74) is 0.500. The quantitative estimate of drug-likeness (QED) is 0.846. The summed E-state index contributed by atoms with van der Waals surface area (Å²) in [5.74, 6) is 1.34. The van der Waals surface area contributed by atoms with E-state index in [9.17, 15) is 5.11 Å². The summed E-state index contributed by atoms with van der Waals surface area (Å²) < 4.78 is 10.1. The van der Waals surface area contributed by atoms with E-state index in [1.54, 1.807) is 0 Å². The summed E-state index contributed by atoms with van der Waals surface area (Å²) in [4.78, 5) is 8.28. The molecule has 1 aliphatic carbocycles. The Labute approximate surface area is 101 Å². The van der Waals surface area contributed by atoms with Crippen molar-refractivity contribution in [2.24, 2.45) is 5.92 Å². The molecule has 2 rings (SSSR count). The molecule has 5 heteroatoms. The van der Waals surface area contributed by atoms with E-state index in [2.05, 4.69) is 9.97 Å². The standard InChI is InChI=1S/C12H18N2O3/c1-16-10-7-13-11(12(14-10)17-2)9(15)6-8-4-3-5-8/h7-9,15H,3-6H2,1-2H3. The van der Waals surface area contributed by atoms with Gasteiger partial charge in [0.15, 0.2) is 0 Å². The van der Waals surface area contributed by atoms with E-state index in [1.807, 2.05) is 0 Å². The molecular weight excluding hydrogens is 220 g/mol. The van der Waals surface area contributed by atoms with Crippen molar-refractivity contribution in [3.05, 3.63) is 11.9 Å². The number of rotatable bonds is 5. The Balaban J connectivity index is 2.12. The highest BCUT2D eigenvalue weighted by atomic mass is 16.5. The Bertz CT molecular complexity index is 380. The molecule has 0 amide bonds. The molecule has 1 fully saturated rings. The van der Waals surface area contributed by atoms with Crippen molar-refractivity contribution >= 4 is 0 Å². The van der Waals surface area contributed by atoms with Crippen LogP contribution < -0.4 is 9.47 Å². The van der Waals surface area contributed by atoms with Gasteiger partial charge in [0.1, 0.15) is 11.8 Å². The van der Waals surface area contributed by atoms with Crippen LogP contribution >= 0.6 is 0 Å². The van der Waals surface area contributed by atoms with E-state index in [4.69, 9.17) is 9.47 Å². The average molecular weight is 238 g/mol. The molecule has 5 nitrogen and oxygen atoms in total. The van der Waals surface area contributed by atoms with Gasteiger partial charge in [-0.05, 0) is 12.3 Å². The minimum absolute atomic E-state index is 0.344. The number of hydrogen-bond donors (Lipinski definition) is 1. The fourth-order valence-corrected chi connectivity index (χ4v) is 2.00. The summed E-state index contributed by atoms with van der Waals surface area (Å²) in [6, 6.07) is 0. The molecule has 1 aromatic heterocycles. The molecule has 0 aliphatic heterocycles. The highest BCUT2D eigenvalue weighted by molar-refractivity contribution is 5.24. The van der Waals surface area contributed by atoms with Crippen LogP contribution in [0.2, 0.25) is 0 Å². The molecule has 1 aromatic rings. The van der Waals surface area contributed by atoms with Crippen LogP contribution in [0.25, 0.3) is 0 Å². The van der Waals surface area contributed by atoms with Crippen LogP contribution in [0.3, 0.4) is 0 Å². The molecular formula is C12H18N2O3. The minimum atomic E-state index is -0.603. The molecule has 0 spiro atoms. The third kappa shape index (κ3) is 2.66. The SMILES string of the molecule is COc1cnc(C(O)CC2CCC2)c(OC)n1. The molecule has 0 bridgehead atoms. The number of hydrogen-bond acceptors (Lipinski definition) is 5. The molecule has 1 unspecified atom stereocenters. The van der Waals surface area contributed by atoms with Gasteiger partial charge in [-0.25, -0.2) is 4.98 Å². The molecule has 0 radical (unpaired) electrons. The Morgan fingerprint density at radius 3 is 2.71 bits per heavy atom. The van der Waals surface area contributed by atoms with Gasteiger partial charge in [-0.2, -0.15) is 4.98 Å². The van der Waals surface area contributed by atoms with Crippen molar-refractivity contribution in [3.8, 4) is 11.8 Å². The first-order valence-corrected chi connectivity index (χ1v) is 5.87. The molecule has 1 saturated carbocycles. The zero-order chi connectivity index (χ0) is 12.3. The van der Waals surface area contributed by atoms with Crippen molar-refractivity contribution in [2.45, 2.75) is 31.8 Å². The topological polar surface area (TPSA) is 64.5 Å². The van der Waals surface area contributed by atoms with Gasteiger partial charge in [-0.3, -0.25) is 0 Å². The van der Waals surface area contributed by atoms with Crippen LogP contribution in [0.4, 0.5) is 0 Å². The molecule has 17 heavy (non-hydrogen) atoms. The lowest BCUT2D eigenvalue weighted by Crippen LogP contribution is -2.16. The number of methoxy groups -OCH3 is 2. The lowest BCUT2D eigenvalue weighted by Gasteiger charge is -2.27. The second-order valence-electron chi connectivity index (χ2n) is 4.36. The molecule has 0 aromatic carbocycles. The first kappa shape index (κ1) is 12.1. The van der Waals surface area contributed by atoms with Gasteiger partial charge in [0.25, 0.3) is 0 Å². The second-order valence-corrected chi connectivity index (χ2v) is 4.36. The third-order valence-electron chi connectivity index (χ3n) is 3.24. The summed E-state index contributed by atoms with van der Waals surface area (Å²) in [6.45, 7) is 0. The van der Waals surface area contributed by atoms with Crippen LogP contribution in [0.1, 0.15) is 37.5 Å². The predicted molar refractivity (Wildman–Crippen MR) is 62.1 cm³/mol. The maximum absolute atomic E-state index is 10.1. The van der Waals surface area contributed by atoms with E-state index in [0.717, 1.165) is 6.42 Å². The van der Waals surface area contributed by atoms with Crippen LogP contribution in [0, 0.1) is 5.92 Å². The smallest absolute Gasteiger partial charge is 0.241 e.